The number of rotatable bonds is 0. The zero-order valence-electron chi connectivity index (χ0n) is 4.15. The molecular formula is C5H7BrO. The second-order valence-electron chi connectivity index (χ2n) is 2.05. The molecule has 1 nitrogen and oxygen atoms in total. The van der Waals surface area contributed by atoms with Crippen LogP contribution < -0.4 is 0 Å². The van der Waals surface area contributed by atoms with E-state index in [1.165, 1.54) is 0 Å². The van der Waals surface area contributed by atoms with Gasteiger partial charge in [0.25, 0.3) is 0 Å². The Kier molecular flexibility index (Phi) is 1.20. The Morgan fingerprint density at radius 3 is 2.43 bits per heavy atom. The van der Waals surface area contributed by atoms with Crippen molar-refractivity contribution in [1.82, 2.24) is 0 Å². The van der Waals surface area contributed by atoms with Crippen molar-refractivity contribution in [2.75, 3.05) is 0 Å². The highest BCUT2D eigenvalue weighted by Gasteiger charge is 2.33. The molecule has 0 aromatic rings. The third-order valence-electron chi connectivity index (χ3n) is 1.33. The zero-order chi connectivity index (χ0) is 5.44. The average molecular weight is 163 g/mol. The molecule has 0 radical (unpaired) electrons. The van der Waals surface area contributed by atoms with E-state index in [4.69, 9.17) is 0 Å². The van der Waals surface area contributed by atoms with Crippen LogP contribution in [0.5, 0.6) is 0 Å². The quantitative estimate of drug-likeness (QED) is 0.492. The van der Waals surface area contributed by atoms with Gasteiger partial charge in [-0.3, -0.25) is 4.79 Å². The van der Waals surface area contributed by atoms with E-state index in [-0.39, 0.29) is 4.83 Å². The minimum atomic E-state index is 0.174. The predicted octanol–water partition coefficient (Wildman–Crippen LogP) is 1.36. The zero-order valence-corrected chi connectivity index (χ0v) is 5.73. The molecule has 0 aromatic heterocycles. The fraction of sp³-hybridized carbons (Fsp3) is 0.800. The molecule has 0 aliphatic heterocycles. The van der Waals surface area contributed by atoms with E-state index < -0.39 is 0 Å². The highest BCUT2D eigenvalue weighted by molar-refractivity contribution is 9.10. The van der Waals surface area contributed by atoms with E-state index in [9.17, 15) is 4.79 Å². The molecule has 1 aliphatic rings. The molecule has 7 heavy (non-hydrogen) atoms. The highest BCUT2D eigenvalue weighted by atomic mass is 79.9. The van der Waals surface area contributed by atoms with E-state index in [1.54, 1.807) is 0 Å². The molecule has 0 spiro atoms. The molecule has 1 rings (SSSR count). The largest absolute Gasteiger partial charge is 0.298 e. The van der Waals surface area contributed by atoms with Crippen molar-refractivity contribution in [2.24, 2.45) is 5.92 Å². The van der Waals surface area contributed by atoms with E-state index in [2.05, 4.69) is 22.9 Å². The summed E-state index contributed by atoms with van der Waals surface area (Å²) in [7, 11) is 0. The molecule has 1 fully saturated rings. The predicted molar refractivity (Wildman–Crippen MR) is 31.5 cm³/mol. The number of Topliss-reactive ketones (excluding diaryl/α,β-unsaturated/α-hetero) is 1. The molecule has 0 bridgehead atoms. The number of carbonyl (C=O) groups is 1. The molecule has 1 aliphatic carbocycles. The number of carbonyl (C=O) groups excluding carboxylic acids is 1. The lowest BCUT2D eigenvalue weighted by atomic mass is 9.86. The second-order valence-corrected chi connectivity index (χ2v) is 3.04. The summed E-state index contributed by atoms with van der Waals surface area (Å²) in [5, 5.41) is 0. The Labute approximate surface area is 51.2 Å². The van der Waals surface area contributed by atoms with Gasteiger partial charge in [0.15, 0.2) is 0 Å². The topological polar surface area (TPSA) is 17.1 Å². The van der Waals surface area contributed by atoms with Crippen molar-refractivity contribution in [1.29, 1.82) is 0 Å². The minimum absolute atomic E-state index is 0.174. The molecule has 0 unspecified atom stereocenters. The van der Waals surface area contributed by atoms with Gasteiger partial charge in [-0.15, -0.1) is 0 Å². The van der Waals surface area contributed by atoms with Gasteiger partial charge in [0.2, 0.25) is 0 Å². The van der Waals surface area contributed by atoms with Crippen LogP contribution in [0.2, 0.25) is 0 Å². The maximum atomic E-state index is 10.4. The van der Waals surface area contributed by atoms with Crippen molar-refractivity contribution in [3.63, 3.8) is 0 Å². The van der Waals surface area contributed by atoms with Gasteiger partial charge in [0, 0.05) is 6.42 Å². The Morgan fingerprint density at radius 1 is 1.86 bits per heavy atom. The third-order valence-corrected chi connectivity index (χ3v) is 2.74. The van der Waals surface area contributed by atoms with Crippen molar-refractivity contribution in [3.05, 3.63) is 0 Å². The highest BCUT2D eigenvalue weighted by Crippen LogP contribution is 2.29. The first-order valence-corrected chi connectivity index (χ1v) is 3.30. The Balaban J connectivity index is 2.43. The van der Waals surface area contributed by atoms with Gasteiger partial charge < -0.3 is 0 Å². The summed E-state index contributed by atoms with van der Waals surface area (Å²) in [5.74, 6) is 0.931. The summed E-state index contributed by atoms with van der Waals surface area (Å²) < 4.78 is 0. The van der Waals surface area contributed by atoms with Gasteiger partial charge in [-0.1, -0.05) is 22.9 Å². The summed E-state index contributed by atoms with van der Waals surface area (Å²) in [5.41, 5.74) is 0. The first-order valence-electron chi connectivity index (χ1n) is 2.38. The number of hydrogen-bond donors (Lipinski definition) is 0. The van der Waals surface area contributed by atoms with Crippen LogP contribution in [0, 0.1) is 5.92 Å². The molecule has 0 aromatic carbocycles. The van der Waals surface area contributed by atoms with Crippen LogP contribution in [-0.4, -0.2) is 10.6 Å². The van der Waals surface area contributed by atoms with E-state index in [0.717, 1.165) is 6.42 Å². The van der Waals surface area contributed by atoms with E-state index in [0.29, 0.717) is 11.7 Å². The van der Waals surface area contributed by atoms with Gasteiger partial charge in [0.1, 0.15) is 5.78 Å². The van der Waals surface area contributed by atoms with Crippen LogP contribution in [0.25, 0.3) is 0 Å². The first-order chi connectivity index (χ1) is 3.22. The molecule has 0 saturated heterocycles. The third kappa shape index (κ3) is 0.717. The number of halogens is 1. The van der Waals surface area contributed by atoms with Crippen LogP contribution in [0.15, 0.2) is 0 Å². The lowest BCUT2D eigenvalue weighted by Gasteiger charge is -2.26. The van der Waals surface area contributed by atoms with Crippen molar-refractivity contribution in [3.8, 4) is 0 Å². The Morgan fingerprint density at radius 2 is 2.43 bits per heavy atom. The van der Waals surface area contributed by atoms with Crippen molar-refractivity contribution >= 4 is 21.7 Å². The fourth-order valence-corrected chi connectivity index (χ4v) is 1.06. The molecule has 0 heterocycles. The Hall–Kier alpha value is 0.150. The maximum Gasteiger partial charge on any atom is 0.147 e. The van der Waals surface area contributed by atoms with Crippen molar-refractivity contribution in [2.45, 2.75) is 18.2 Å². The standard InChI is InChI=1S/C5H7BrO/c1-3-2-4(7)5(3)6/h3,5H,2H2,1H3/t3-,5-/m1/s1. The van der Waals surface area contributed by atoms with Gasteiger partial charge >= 0.3 is 0 Å². The summed E-state index contributed by atoms with van der Waals surface area (Å²) >= 11 is 3.24. The number of ketones is 1. The van der Waals surface area contributed by atoms with E-state index in [1.807, 2.05) is 0 Å². The van der Waals surface area contributed by atoms with Crippen LogP contribution in [0.4, 0.5) is 0 Å². The fourth-order valence-electron chi connectivity index (χ4n) is 0.690. The van der Waals surface area contributed by atoms with Gasteiger partial charge in [0.05, 0.1) is 4.83 Å². The summed E-state index contributed by atoms with van der Waals surface area (Å²) in [4.78, 5) is 10.6. The number of alkyl halides is 1. The number of hydrogen-bond acceptors (Lipinski definition) is 1. The Bertz CT molecular complexity index is 100. The first kappa shape index (κ1) is 5.29. The van der Waals surface area contributed by atoms with Crippen LogP contribution in [-0.2, 0) is 4.79 Å². The molecule has 0 amide bonds. The molecule has 2 atom stereocenters. The maximum absolute atomic E-state index is 10.4. The minimum Gasteiger partial charge on any atom is -0.298 e. The smallest absolute Gasteiger partial charge is 0.147 e. The van der Waals surface area contributed by atoms with Gasteiger partial charge in [-0.25, -0.2) is 0 Å². The molecule has 2 heteroatoms. The summed E-state index contributed by atoms with van der Waals surface area (Å²) in [6, 6.07) is 0. The normalized spacial score (nSPS) is 40.6. The average Bonchev–Trinajstić information content (AvgIpc) is 1.68. The summed E-state index contributed by atoms with van der Waals surface area (Å²) in [6.45, 7) is 2.07. The molecule has 1 saturated carbocycles. The molecule has 40 valence electrons. The van der Waals surface area contributed by atoms with Crippen molar-refractivity contribution < 1.29 is 4.79 Å². The van der Waals surface area contributed by atoms with Crippen LogP contribution >= 0.6 is 15.9 Å². The SMILES string of the molecule is C[C@@H]1CC(=O)[C@@H]1Br. The lowest BCUT2D eigenvalue weighted by molar-refractivity contribution is -0.125. The van der Waals surface area contributed by atoms with Gasteiger partial charge in [-0.2, -0.15) is 0 Å². The molecule has 0 N–H and O–H groups in total. The second kappa shape index (κ2) is 1.58. The summed E-state index contributed by atoms with van der Waals surface area (Å²) in [6.07, 6.45) is 0.774. The van der Waals surface area contributed by atoms with Gasteiger partial charge in [-0.05, 0) is 5.92 Å². The van der Waals surface area contributed by atoms with Crippen LogP contribution in [0.3, 0.4) is 0 Å². The van der Waals surface area contributed by atoms with E-state index >= 15 is 0 Å². The molecular weight excluding hydrogens is 156 g/mol. The lowest BCUT2D eigenvalue weighted by Crippen LogP contribution is -2.35. The van der Waals surface area contributed by atoms with Crippen LogP contribution in [0.1, 0.15) is 13.3 Å². The monoisotopic (exact) mass is 162 g/mol.